The van der Waals surface area contributed by atoms with E-state index in [9.17, 15) is 4.39 Å². The molecule has 1 aliphatic heterocycles. The second-order valence-electron chi connectivity index (χ2n) is 5.27. The Hall–Kier alpha value is -1.35. The van der Waals surface area contributed by atoms with Crippen LogP contribution in [-0.2, 0) is 11.8 Å². The summed E-state index contributed by atoms with van der Waals surface area (Å²) in [6, 6.07) is 13.9. The highest BCUT2D eigenvalue weighted by Crippen LogP contribution is 2.40. The highest BCUT2D eigenvalue weighted by atomic mass is 79.9. The predicted molar refractivity (Wildman–Crippen MR) is 85.4 cm³/mol. The maximum Gasteiger partial charge on any atom is 0.147 e. The fourth-order valence-electron chi connectivity index (χ4n) is 2.97. The Balaban J connectivity index is 2.19. The molecule has 104 valence electrons. The summed E-state index contributed by atoms with van der Waals surface area (Å²) in [7, 11) is 0. The van der Waals surface area contributed by atoms with Crippen LogP contribution in [0.2, 0.25) is 0 Å². The number of rotatable bonds is 2. The van der Waals surface area contributed by atoms with E-state index in [1.165, 1.54) is 5.56 Å². The van der Waals surface area contributed by atoms with E-state index in [1.54, 1.807) is 12.1 Å². The summed E-state index contributed by atoms with van der Waals surface area (Å²) in [6.45, 7) is 2.17. The van der Waals surface area contributed by atoms with Crippen molar-refractivity contribution in [1.82, 2.24) is 0 Å². The summed E-state index contributed by atoms with van der Waals surface area (Å²) in [6.07, 6.45) is 2.11. The number of hydrogen-bond donors (Lipinski definition) is 0. The quantitative estimate of drug-likeness (QED) is 0.683. The highest BCUT2D eigenvalue weighted by Gasteiger charge is 2.27. The number of alkyl halides is 1. The fourth-order valence-corrected chi connectivity index (χ4v) is 3.42. The molecule has 1 atom stereocenters. The third-order valence-electron chi connectivity index (χ3n) is 3.98. The molecule has 1 unspecified atom stereocenters. The third kappa shape index (κ3) is 2.24. The molecule has 2 aromatic rings. The van der Waals surface area contributed by atoms with Crippen LogP contribution >= 0.6 is 15.9 Å². The molecular weight excluding hydrogens is 317 g/mol. The van der Waals surface area contributed by atoms with Gasteiger partial charge in [0.2, 0.25) is 0 Å². The van der Waals surface area contributed by atoms with E-state index in [2.05, 4.69) is 46.0 Å². The Morgan fingerprint density at radius 2 is 2.00 bits per heavy atom. The van der Waals surface area contributed by atoms with Crippen LogP contribution in [0.15, 0.2) is 42.5 Å². The lowest BCUT2D eigenvalue weighted by atomic mass is 9.95. The van der Waals surface area contributed by atoms with Gasteiger partial charge in [-0.15, -0.1) is 0 Å². The first-order valence-electron chi connectivity index (χ1n) is 6.93. The third-order valence-corrected chi connectivity index (χ3v) is 4.58. The number of aryl methyl sites for hydroxylation is 1. The molecule has 0 aliphatic carbocycles. The van der Waals surface area contributed by atoms with Crippen molar-refractivity contribution in [3.63, 3.8) is 0 Å². The topological polar surface area (TPSA) is 3.24 Å². The Morgan fingerprint density at radius 3 is 2.80 bits per heavy atom. The fraction of sp³-hybridized carbons (Fsp3) is 0.294. The van der Waals surface area contributed by atoms with Crippen molar-refractivity contribution in [2.24, 2.45) is 0 Å². The number of hydrogen-bond acceptors (Lipinski definition) is 1. The van der Waals surface area contributed by atoms with Gasteiger partial charge in [-0.05, 0) is 43.0 Å². The Labute approximate surface area is 127 Å². The van der Waals surface area contributed by atoms with Crippen molar-refractivity contribution in [3.8, 4) is 0 Å². The van der Waals surface area contributed by atoms with Gasteiger partial charge in [-0.2, -0.15) is 0 Å². The average Bonchev–Trinajstić information content (AvgIpc) is 2.48. The molecule has 3 heteroatoms. The van der Waals surface area contributed by atoms with Gasteiger partial charge < -0.3 is 4.90 Å². The first-order valence-corrected chi connectivity index (χ1v) is 8.05. The maximum absolute atomic E-state index is 14.4. The van der Waals surface area contributed by atoms with Crippen LogP contribution in [0.5, 0.6) is 0 Å². The number of halogens is 2. The molecule has 0 radical (unpaired) electrons. The van der Waals surface area contributed by atoms with Crippen LogP contribution in [0, 0.1) is 5.82 Å². The molecule has 0 saturated carbocycles. The number of anilines is 2. The summed E-state index contributed by atoms with van der Waals surface area (Å²) in [5.74, 6) is -0.148. The van der Waals surface area contributed by atoms with Crippen molar-refractivity contribution in [3.05, 3.63) is 59.4 Å². The molecule has 0 N–H and O–H groups in total. The second kappa shape index (κ2) is 5.57. The first-order chi connectivity index (χ1) is 9.72. The van der Waals surface area contributed by atoms with Gasteiger partial charge in [0.25, 0.3) is 0 Å². The van der Waals surface area contributed by atoms with Gasteiger partial charge in [0.1, 0.15) is 5.82 Å². The SMILES string of the molecule is CC1CCc2ccccc2N1c1c(F)cccc1CBr. The largest absolute Gasteiger partial charge is 0.336 e. The van der Waals surface area contributed by atoms with Crippen LogP contribution in [0.25, 0.3) is 0 Å². The summed E-state index contributed by atoms with van der Waals surface area (Å²) >= 11 is 3.48. The van der Waals surface area contributed by atoms with Gasteiger partial charge in [0, 0.05) is 17.1 Å². The molecular formula is C17H17BrFN. The van der Waals surface area contributed by atoms with E-state index < -0.39 is 0 Å². The van der Waals surface area contributed by atoms with Gasteiger partial charge in [-0.25, -0.2) is 4.39 Å². The molecule has 0 aromatic heterocycles. The highest BCUT2D eigenvalue weighted by molar-refractivity contribution is 9.08. The molecule has 3 rings (SSSR count). The van der Waals surface area contributed by atoms with E-state index in [4.69, 9.17) is 0 Å². The van der Waals surface area contributed by atoms with E-state index in [0.29, 0.717) is 17.1 Å². The van der Waals surface area contributed by atoms with E-state index >= 15 is 0 Å². The summed E-state index contributed by atoms with van der Waals surface area (Å²) in [5.41, 5.74) is 4.14. The lowest BCUT2D eigenvalue weighted by Crippen LogP contribution is -2.34. The average molecular weight is 334 g/mol. The molecule has 0 bridgehead atoms. The number of benzene rings is 2. The maximum atomic E-state index is 14.4. The molecule has 20 heavy (non-hydrogen) atoms. The molecule has 1 heterocycles. The van der Waals surface area contributed by atoms with E-state index in [-0.39, 0.29) is 5.82 Å². The van der Waals surface area contributed by atoms with Gasteiger partial charge >= 0.3 is 0 Å². The van der Waals surface area contributed by atoms with Crippen LogP contribution in [0.1, 0.15) is 24.5 Å². The number of nitrogens with zero attached hydrogens (tertiary/aromatic N) is 1. The Morgan fingerprint density at radius 1 is 1.20 bits per heavy atom. The molecule has 1 nitrogen and oxygen atoms in total. The van der Waals surface area contributed by atoms with Crippen molar-refractivity contribution in [2.75, 3.05) is 4.90 Å². The zero-order valence-electron chi connectivity index (χ0n) is 11.4. The molecule has 2 aromatic carbocycles. The van der Waals surface area contributed by atoms with Crippen molar-refractivity contribution >= 4 is 27.3 Å². The van der Waals surface area contributed by atoms with Crippen LogP contribution in [-0.4, -0.2) is 6.04 Å². The zero-order chi connectivity index (χ0) is 14.1. The summed E-state index contributed by atoms with van der Waals surface area (Å²) < 4.78 is 14.4. The summed E-state index contributed by atoms with van der Waals surface area (Å²) in [4.78, 5) is 2.16. The van der Waals surface area contributed by atoms with Gasteiger partial charge in [-0.3, -0.25) is 0 Å². The molecule has 0 fully saturated rings. The smallest absolute Gasteiger partial charge is 0.147 e. The van der Waals surface area contributed by atoms with E-state index in [1.807, 2.05) is 12.1 Å². The minimum Gasteiger partial charge on any atom is -0.336 e. The van der Waals surface area contributed by atoms with Crippen molar-refractivity contribution in [2.45, 2.75) is 31.1 Å². The number of para-hydroxylation sites is 2. The van der Waals surface area contributed by atoms with Crippen LogP contribution < -0.4 is 4.90 Å². The Kier molecular flexibility index (Phi) is 3.79. The molecule has 0 spiro atoms. The van der Waals surface area contributed by atoms with Gasteiger partial charge in [0.05, 0.1) is 5.69 Å². The first kappa shape index (κ1) is 13.6. The van der Waals surface area contributed by atoms with Crippen LogP contribution in [0.4, 0.5) is 15.8 Å². The minimum atomic E-state index is -0.148. The van der Waals surface area contributed by atoms with Crippen molar-refractivity contribution in [1.29, 1.82) is 0 Å². The Bertz CT molecular complexity index is 626. The van der Waals surface area contributed by atoms with Gasteiger partial charge in [0.15, 0.2) is 0 Å². The lowest BCUT2D eigenvalue weighted by molar-refractivity contribution is 0.583. The lowest BCUT2D eigenvalue weighted by Gasteiger charge is -2.38. The van der Waals surface area contributed by atoms with E-state index in [0.717, 1.165) is 24.1 Å². The molecule has 0 amide bonds. The normalized spacial score (nSPS) is 17.9. The number of fused-ring (bicyclic) bond motifs is 1. The molecule has 1 aliphatic rings. The minimum absolute atomic E-state index is 0.148. The summed E-state index contributed by atoms with van der Waals surface area (Å²) in [5, 5.41) is 0.658. The zero-order valence-corrected chi connectivity index (χ0v) is 13.0. The van der Waals surface area contributed by atoms with Crippen LogP contribution in [0.3, 0.4) is 0 Å². The molecule has 0 saturated heterocycles. The van der Waals surface area contributed by atoms with Gasteiger partial charge in [-0.1, -0.05) is 46.3 Å². The standard InChI is InChI=1S/C17H17BrFN/c1-12-9-10-13-5-2-3-8-16(13)20(12)17-14(11-18)6-4-7-15(17)19/h2-8,12H,9-11H2,1H3. The van der Waals surface area contributed by atoms with Crippen molar-refractivity contribution < 1.29 is 4.39 Å². The monoisotopic (exact) mass is 333 g/mol. The predicted octanol–water partition coefficient (Wildman–Crippen LogP) is 5.19. The second-order valence-corrected chi connectivity index (χ2v) is 5.83.